The number of rotatable bonds is 8. The molecule has 0 bridgehead atoms. The summed E-state index contributed by atoms with van der Waals surface area (Å²) in [6, 6.07) is 3.63. The number of nitrogens with zero attached hydrogens (tertiary/aromatic N) is 1. The summed E-state index contributed by atoms with van der Waals surface area (Å²) in [5, 5.41) is 12.1. The van der Waals surface area contributed by atoms with Crippen molar-refractivity contribution in [2.45, 2.75) is 27.2 Å². The molecule has 0 aliphatic heterocycles. The van der Waals surface area contributed by atoms with Gasteiger partial charge in [0.2, 0.25) is 5.88 Å². The molecule has 0 aliphatic rings. The number of pyridine rings is 1. The standard InChI is InChI=1S/C14H25N3O2/c1-10(2)9-19-14-12(15)4-5-13(17-14)16-8-11(3)6-7-18/h4-5,10-11,18H,6-9,15H2,1-3H3,(H,16,17). The van der Waals surface area contributed by atoms with Crippen LogP contribution in [0, 0.1) is 11.8 Å². The predicted molar refractivity (Wildman–Crippen MR) is 78.3 cm³/mol. The lowest BCUT2D eigenvalue weighted by molar-refractivity contribution is 0.262. The molecule has 4 N–H and O–H groups in total. The van der Waals surface area contributed by atoms with E-state index in [0.29, 0.717) is 30.0 Å². The van der Waals surface area contributed by atoms with Crippen molar-refractivity contribution in [1.29, 1.82) is 0 Å². The van der Waals surface area contributed by atoms with Gasteiger partial charge in [0.1, 0.15) is 5.82 Å². The summed E-state index contributed by atoms with van der Waals surface area (Å²) < 4.78 is 5.58. The number of ether oxygens (including phenoxy) is 1. The van der Waals surface area contributed by atoms with Crippen molar-refractivity contribution in [3.05, 3.63) is 12.1 Å². The molecule has 0 radical (unpaired) electrons. The van der Waals surface area contributed by atoms with Gasteiger partial charge in [-0.15, -0.1) is 0 Å². The molecule has 1 aromatic rings. The Labute approximate surface area is 115 Å². The molecule has 1 atom stereocenters. The third-order valence-electron chi connectivity index (χ3n) is 2.70. The van der Waals surface area contributed by atoms with E-state index in [2.05, 4.69) is 31.1 Å². The quantitative estimate of drug-likeness (QED) is 0.672. The summed E-state index contributed by atoms with van der Waals surface area (Å²) >= 11 is 0. The summed E-state index contributed by atoms with van der Waals surface area (Å²) in [6.07, 6.45) is 0.776. The molecule has 1 rings (SSSR count). The number of nitrogen functional groups attached to an aromatic ring is 1. The number of aliphatic hydroxyl groups excluding tert-OH is 1. The second-order valence-corrected chi connectivity index (χ2v) is 5.29. The van der Waals surface area contributed by atoms with Crippen molar-refractivity contribution in [3.63, 3.8) is 0 Å². The maximum atomic E-state index is 8.86. The van der Waals surface area contributed by atoms with E-state index < -0.39 is 0 Å². The fourth-order valence-electron chi connectivity index (χ4n) is 1.51. The average Bonchev–Trinajstić information content (AvgIpc) is 2.36. The maximum absolute atomic E-state index is 8.86. The predicted octanol–water partition coefficient (Wildman–Crippen LogP) is 2.13. The summed E-state index contributed by atoms with van der Waals surface area (Å²) in [4.78, 5) is 4.36. The molecule has 1 aromatic heterocycles. The molecule has 0 aliphatic carbocycles. The summed E-state index contributed by atoms with van der Waals surface area (Å²) in [5.74, 6) is 2.05. The van der Waals surface area contributed by atoms with E-state index in [1.54, 1.807) is 6.07 Å². The number of aromatic nitrogens is 1. The molecule has 0 saturated heterocycles. The number of aliphatic hydroxyl groups is 1. The van der Waals surface area contributed by atoms with E-state index in [-0.39, 0.29) is 6.61 Å². The number of anilines is 2. The van der Waals surface area contributed by atoms with Crippen molar-refractivity contribution < 1.29 is 9.84 Å². The SMILES string of the molecule is CC(C)COc1nc(NCC(C)CCO)ccc1N. The zero-order valence-electron chi connectivity index (χ0n) is 12.0. The molecule has 0 saturated carbocycles. The van der Waals surface area contributed by atoms with E-state index in [4.69, 9.17) is 15.6 Å². The van der Waals surface area contributed by atoms with Gasteiger partial charge < -0.3 is 20.9 Å². The van der Waals surface area contributed by atoms with Crippen molar-refractivity contribution >= 4 is 11.5 Å². The van der Waals surface area contributed by atoms with E-state index in [0.717, 1.165) is 18.8 Å². The molecule has 1 unspecified atom stereocenters. The number of nitrogens with one attached hydrogen (secondary N) is 1. The molecule has 0 spiro atoms. The Morgan fingerprint density at radius 1 is 1.37 bits per heavy atom. The molecule has 5 nitrogen and oxygen atoms in total. The second-order valence-electron chi connectivity index (χ2n) is 5.29. The van der Waals surface area contributed by atoms with Crippen LogP contribution in [0.5, 0.6) is 5.88 Å². The fraction of sp³-hybridized carbons (Fsp3) is 0.643. The highest BCUT2D eigenvalue weighted by Crippen LogP contribution is 2.21. The number of hydrogen-bond donors (Lipinski definition) is 3. The Morgan fingerprint density at radius 3 is 2.74 bits per heavy atom. The van der Waals surface area contributed by atoms with Crippen LogP contribution in [0.4, 0.5) is 11.5 Å². The van der Waals surface area contributed by atoms with E-state index in [1.165, 1.54) is 0 Å². The fourth-order valence-corrected chi connectivity index (χ4v) is 1.51. The van der Waals surface area contributed by atoms with Gasteiger partial charge >= 0.3 is 0 Å². The first-order valence-corrected chi connectivity index (χ1v) is 6.77. The lowest BCUT2D eigenvalue weighted by Gasteiger charge is -2.14. The van der Waals surface area contributed by atoms with Crippen molar-refractivity contribution in [2.24, 2.45) is 11.8 Å². The third-order valence-corrected chi connectivity index (χ3v) is 2.70. The molecular weight excluding hydrogens is 242 g/mol. The van der Waals surface area contributed by atoms with Crippen LogP contribution in [-0.2, 0) is 0 Å². The monoisotopic (exact) mass is 267 g/mol. The maximum Gasteiger partial charge on any atom is 0.239 e. The first-order valence-electron chi connectivity index (χ1n) is 6.77. The van der Waals surface area contributed by atoms with E-state index in [9.17, 15) is 0 Å². The largest absolute Gasteiger partial charge is 0.476 e. The van der Waals surface area contributed by atoms with Crippen molar-refractivity contribution in [2.75, 3.05) is 30.8 Å². The Kier molecular flexibility index (Phi) is 6.42. The molecule has 0 aromatic carbocycles. The lowest BCUT2D eigenvalue weighted by Crippen LogP contribution is -2.14. The van der Waals surface area contributed by atoms with Crippen molar-refractivity contribution in [1.82, 2.24) is 4.98 Å². The van der Waals surface area contributed by atoms with Gasteiger partial charge in [-0.3, -0.25) is 0 Å². The summed E-state index contributed by atoms with van der Waals surface area (Å²) in [5.41, 5.74) is 6.38. The lowest BCUT2D eigenvalue weighted by atomic mass is 10.1. The van der Waals surface area contributed by atoms with Gasteiger partial charge in [-0.05, 0) is 30.4 Å². The van der Waals surface area contributed by atoms with Gasteiger partial charge in [-0.1, -0.05) is 20.8 Å². The Morgan fingerprint density at radius 2 is 2.11 bits per heavy atom. The normalized spacial score (nSPS) is 12.5. The van der Waals surface area contributed by atoms with Gasteiger partial charge in [0.05, 0.1) is 12.3 Å². The minimum atomic E-state index is 0.209. The third kappa shape index (κ3) is 5.79. The van der Waals surface area contributed by atoms with Crippen LogP contribution in [0.3, 0.4) is 0 Å². The number of nitrogens with two attached hydrogens (primary N) is 1. The number of hydrogen-bond acceptors (Lipinski definition) is 5. The van der Waals surface area contributed by atoms with Crippen molar-refractivity contribution in [3.8, 4) is 5.88 Å². The van der Waals surface area contributed by atoms with Gasteiger partial charge in [-0.25, -0.2) is 0 Å². The molecule has 1 heterocycles. The van der Waals surface area contributed by atoms with Crippen LogP contribution < -0.4 is 15.8 Å². The van der Waals surface area contributed by atoms with Crippen LogP contribution in [0.25, 0.3) is 0 Å². The molecule has 5 heteroatoms. The topological polar surface area (TPSA) is 80.4 Å². The molecule has 0 amide bonds. The highest BCUT2D eigenvalue weighted by Gasteiger charge is 2.07. The highest BCUT2D eigenvalue weighted by molar-refractivity contribution is 5.53. The molecule has 19 heavy (non-hydrogen) atoms. The Hall–Kier alpha value is -1.49. The van der Waals surface area contributed by atoms with Gasteiger partial charge in [-0.2, -0.15) is 4.98 Å². The van der Waals surface area contributed by atoms with Gasteiger partial charge in [0.25, 0.3) is 0 Å². The molecule has 0 fully saturated rings. The molecular formula is C14H25N3O2. The van der Waals surface area contributed by atoms with Crippen LogP contribution >= 0.6 is 0 Å². The van der Waals surface area contributed by atoms with E-state index >= 15 is 0 Å². The zero-order valence-corrected chi connectivity index (χ0v) is 12.0. The van der Waals surface area contributed by atoms with Crippen LogP contribution in [0.1, 0.15) is 27.2 Å². The second kappa shape index (κ2) is 7.84. The van der Waals surface area contributed by atoms with E-state index in [1.807, 2.05) is 6.07 Å². The van der Waals surface area contributed by atoms with Gasteiger partial charge in [0, 0.05) is 13.2 Å². The van der Waals surface area contributed by atoms with Crippen LogP contribution in [0.2, 0.25) is 0 Å². The average molecular weight is 267 g/mol. The minimum Gasteiger partial charge on any atom is -0.476 e. The van der Waals surface area contributed by atoms with Gasteiger partial charge in [0.15, 0.2) is 0 Å². The minimum absolute atomic E-state index is 0.209. The summed E-state index contributed by atoms with van der Waals surface area (Å²) in [7, 11) is 0. The van der Waals surface area contributed by atoms with Crippen LogP contribution in [0.15, 0.2) is 12.1 Å². The highest BCUT2D eigenvalue weighted by atomic mass is 16.5. The first kappa shape index (κ1) is 15.6. The van der Waals surface area contributed by atoms with Crippen LogP contribution in [-0.4, -0.2) is 29.8 Å². The Bertz CT molecular complexity index is 383. The zero-order chi connectivity index (χ0) is 14.3. The molecule has 108 valence electrons. The smallest absolute Gasteiger partial charge is 0.239 e. The Balaban J connectivity index is 2.57. The summed E-state index contributed by atoms with van der Waals surface area (Å²) in [6.45, 7) is 7.81. The first-order chi connectivity index (χ1) is 9.02.